The molecule has 4 N–H and O–H groups in total. The number of carboxylic acids is 1. The number of nitrogens with one attached hydrogen (secondary N) is 1. The van der Waals surface area contributed by atoms with Gasteiger partial charge in [0.1, 0.15) is 6.04 Å². The summed E-state index contributed by atoms with van der Waals surface area (Å²) in [7, 11) is 0. The zero-order chi connectivity index (χ0) is 18.7. The van der Waals surface area contributed by atoms with Crippen molar-refractivity contribution in [3.8, 4) is 0 Å². The fourth-order valence-electron chi connectivity index (χ4n) is 1.25. The van der Waals surface area contributed by atoms with Crippen LogP contribution >= 0.6 is 0 Å². The number of rotatable bonds is 7. The van der Waals surface area contributed by atoms with E-state index in [1.165, 1.54) is 0 Å². The molecule has 0 radical (unpaired) electrons. The van der Waals surface area contributed by atoms with Crippen LogP contribution in [0.4, 0.5) is 0 Å². The van der Waals surface area contributed by atoms with Gasteiger partial charge in [0.25, 0.3) is 0 Å². The van der Waals surface area contributed by atoms with Crippen molar-refractivity contribution < 1.29 is 26.3 Å². The van der Waals surface area contributed by atoms with Crippen LogP contribution in [0.2, 0.25) is 0 Å². The molecule has 0 unspecified atom stereocenters. The number of carbonyl (C=O) groups excluding carboxylic acids is 2. The maximum atomic E-state index is 12.1. The van der Waals surface area contributed by atoms with Crippen LogP contribution in [0.3, 0.4) is 0 Å². The summed E-state index contributed by atoms with van der Waals surface area (Å²) in [5.74, 6) is -3.56. The van der Waals surface area contributed by atoms with Crippen LogP contribution < -0.4 is 11.1 Å². The smallest absolute Gasteiger partial charge is 0.326 e. The number of benzene rings is 1. The van der Waals surface area contributed by atoms with E-state index >= 15 is 0 Å². The third kappa shape index (κ3) is 5.67. The predicted molar refractivity (Wildman–Crippen MR) is 68.1 cm³/mol. The van der Waals surface area contributed by atoms with Crippen LogP contribution in [-0.4, -0.2) is 28.9 Å². The maximum Gasteiger partial charge on any atom is 0.326 e. The largest absolute Gasteiger partial charge is 0.480 e. The molecule has 0 aromatic heterocycles. The SMILES string of the molecule is [2H]c1ccc(C([2H])([2H])C(=O)N[C@@H](CCC(N)=O)C(=O)O)c([2H])c1[2H]. The van der Waals surface area contributed by atoms with Crippen molar-refractivity contribution in [1.29, 1.82) is 0 Å². The van der Waals surface area contributed by atoms with E-state index in [1.807, 2.05) is 5.32 Å². The van der Waals surface area contributed by atoms with Gasteiger partial charge in [-0.05, 0) is 12.0 Å². The first-order valence-electron chi connectivity index (χ1n) is 7.87. The fourth-order valence-corrected chi connectivity index (χ4v) is 1.25. The van der Waals surface area contributed by atoms with Gasteiger partial charge in [0, 0.05) is 9.16 Å². The van der Waals surface area contributed by atoms with E-state index in [1.54, 1.807) is 0 Å². The van der Waals surface area contributed by atoms with Crippen molar-refractivity contribution in [3.63, 3.8) is 0 Å². The van der Waals surface area contributed by atoms with Crippen LogP contribution in [0.15, 0.2) is 30.3 Å². The quantitative estimate of drug-likeness (QED) is 0.650. The van der Waals surface area contributed by atoms with Crippen molar-refractivity contribution >= 4 is 17.8 Å². The number of carbonyl (C=O) groups is 3. The van der Waals surface area contributed by atoms with Gasteiger partial charge in [0.15, 0.2) is 0 Å². The van der Waals surface area contributed by atoms with Gasteiger partial charge >= 0.3 is 5.97 Å². The van der Waals surface area contributed by atoms with Crippen LogP contribution in [0.1, 0.15) is 25.3 Å². The molecule has 0 aliphatic rings. The second-order valence-electron chi connectivity index (χ2n) is 3.64. The number of hydrogen-bond donors (Lipinski definition) is 3. The minimum Gasteiger partial charge on any atom is -0.480 e. The minimum absolute atomic E-state index is 0.301. The van der Waals surface area contributed by atoms with E-state index < -0.39 is 47.8 Å². The Morgan fingerprint density at radius 3 is 2.84 bits per heavy atom. The molecule has 1 atom stereocenters. The summed E-state index contributed by atoms with van der Waals surface area (Å²) >= 11 is 0. The van der Waals surface area contributed by atoms with Gasteiger partial charge in [-0.25, -0.2) is 4.79 Å². The second kappa shape index (κ2) is 7.15. The molecule has 0 heterocycles. The summed E-state index contributed by atoms with van der Waals surface area (Å²) in [4.78, 5) is 33.9. The van der Waals surface area contributed by atoms with Crippen molar-refractivity contribution in [3.05, 3.63) is 35.8 Å². The predicted octanol–water partition coefficient (Wildman–Crippen LogP) is 0.0640. The van der Waals surface area contributed by atoms with E-state index in [4.69, 9.17) is 17.7 Å². The van der Waals surface area contributed by atoms with Crippen LogP contribution in [0, 0.1) is 0 Å². The Kier molecular flexibility index (Phi) is 3.27. The van der Waals surface area contributed by atoms with E-state index in [0.29, 0.717) is 0 Å². The Morgan fingerprint density at radius 1 is 1.47 bits per heavy atom. The van der Waals surface area contributed by atoms with Gasteiger partial charge < -0.3 is 16.2 Å². The molecule has 0 saturated carbocycles. The zero-order valence-corrected chi connectivity index (χ0v) is 9.90. The van der Waals surface area contributed by atoms with Crippen molar-refractivity contribution in [2.24, 2.45) is 5.73 Å². The number of aliphatic carboxylic acids is 1. The number of nitrogens with two attached hydrogens (primary N) is 1. The molecule has 0 saturated heterocycles. The van der Waals surface area contributed by atoms with Gasteiger partial charge in [-0.3, -0.25) is 9.59 Å². The Hall–Kier alpha value is -2.37. The van der Waals surface area contributed by atoms with Crippen LogP contribution in [0.25, 0.3) is 0 Å². The van der Waals surface area contributed by atoms with E-state index in [0.717, 1.165) is 12.1 Å². The monoisotopic (exact) mass is 269 g/mol. The molecule has 0 spiro atoms. The molecule has 6 nitrogen and oxygen atoms in total. The first-order valence-corrected chi connectivity index (χ1v) is 5.37. The lowest BCUT2D eigenvalue weighted by Crippen LogP contribution is -2.42. The first kappa shape index (κ1) is 8.68. The van der Waals surface area contributed by atoms with E-state index in [-0.39, 0.29) is 18.9 Å². The van der Waals surface area contributed by atoms with E-state index in [2.05, 4.69) is 0 Å². The molecule has 0 aliphatic heterocycles. The van der Waals surface area contributed by atoms with Gasteiger partial charge in [0.2, 0.25) is 11.8 Å². The third-order valence-electron chi connectivity index (χ3n) is 2.13. The molecule has 1 rings (SSSR count). The Bertz CT molecular complexity index is 681. The molecule has 1 aromatic carbocycles. The highest BCUT2D eigenvalue weighted by Crippen LogP contribution is 2.02. The molecule has 0 bridgehead atoms. The lowest BCUT2D eigenvalue weighted by Gasteiger charge is -2.13. The first-order chi connectivity index (χ1) is 11.0. The normalized spacial score (nSPS) is 16.1. The molecule has 0 fully saturated rings. The zero-order valence-electron chi connectivity index (χ0n) is 14.9. The Balaban J connectivity index is 3.05. The number of hydrogen-bond acceptors (Lipinski definition) is 3. The second-order valence-corrected chi connectivity index (χ2v) is 3.64. The minimum atomic E-state index is -2.79. The summed E-state index contributed by atoms with van der Waals surface area (Å²) in [5, 5.41) is 11.0. The molecular weight excluding hydrogens is 248 g/mol. The van der Waals surface area contributed by atoms with Gasteiger partial charge in [0.05, 0.1) is 10.5 Å². The van der Waals surface area contributed by atoms with Crippen LogP contribution in [-0.2, 0) is 20.8 Å². The topological polar surface area (TPSA) is 109 Å². The van der Waals surface area contributed by atoms with Gasteiger partial charge in [-0.15, -0.1) is 0 Å². The molecule has 6 heteroatoms. The summed E-state index contributed by atoms with van der Waals surface area (Å²) < 4.78 is 38.3. The summed E-state index contributed by atoms with van der Waals surface area (Å²) in [5.41, 5.74) is 4.46. The highest BCUT2D eigenvalue weighted by atomic mass is 16.4. The molecule has 1 aromatic rings. The van der Waals surface area contributed by atoms with Gasteiger partial charge in [-0.1, -0.05) is 30.3 Å². The van der Waals surface area contributed by atoms with Crippen molar-refractivity contribution in [1.82, 2.24) is 5.32 Å². The number of primary amides is 1. The number of amides is 2. The van der Waals surface area contributed by atoms with Gasteiger partial charge in [-0.2, -0.15) is 0 Å². The Labute approximate surface area is 117 Å². The molecule has 102 valence electrons. The standard InChI is InChI=1S/C13H16N2O4/c14-11(16)7-6-10(13(18)19)15-12(17)8-9-4-2-1-3-5-9/h1-5,10H,6-8H2,(H2,14,16)(H,15,17)(H,18,19)/t10-/m0/s1/i1D,2D,4D,8D2. The van der Waals surface area contributed by atoms with Crippen molar-refractivity contribution in [2.75, 3.05) is 0 Å². The average Bonchev–Trinajstić information content (AvgIpc) is 2.47. The number of carboxylic acid groups (broad SMARTS) is 1. The summed E-state index contributed by atoms with van der Waals surface area (Å²) in [6.07, 6.45) is -3.41. The van der Waals surface area contributed by atoms with E-state index in [9.17, 15) is 14.4 Å². The van der Waals surface area contributed by atoms with Crippen LogP contribution in [0.5, 0.6) is 0 Å². The van der Waals surface area contributed by atoms with Crippen molar-refractivity contribution in [2.45, 2.75) is 25.3 Å². The molecule has 19 heavy (non-hydrogen) atoms. The average molecular weight is 269 g/mol. The summed E-state index contributed by atoms with van der Waals surface area (Å²) in [6, 6.07) is -0.909. The maximum absolute atomic E-state index is 12.1. The molecule has 0 aliphatic carbocycles. The molecular formula is C13H16N2O4. The fraction of sp³-hybridized carbons (Fsp3) is 0.308. The lowest BCUT2D eigenvalue weighted by atomic mass is 10.1. The third-order valence-corrected chi connectivity index (χ3v) is 2.13. The highest BCUT2D eigenvalue weighted by molar-refractivity contribution is 5.85. The molecule has 2 amide bonds. The highest BCUT2D eigenvalue weighted by Gasteiger charge is 2.20. The summed E-state index contributed by atoms with van der Waals surface area (Å²) in [6.45, 7) is 0. The lowest BCUT2D eigenvalue weighted by molar-refractivity contribution is -0.142. The Morgan fingerprint density at radius 2 is 2.21 bits per heavy atom.